The van der Waals surface area contributed by atoms with E-state index in [0.717, 1.165) is 22.3 Å². The van der Waals surface area contributed by atoms with Gasteiger partial charge in [0.05, 0.1) is 5.92 Å². The summed E-state index contributed by atoms with van der Waals surface area (Å²) in [6, 6.07) is 13.1. The predicted octanol–water partition coefficient (Wildman–Crippen LogP) is 4.27. The van der Waals surface area contributed by atoms with E-state index in [-0.39, 0.29) is 12.5 Å². The van der Waals surface area contributed by atoms with Gasteiger partial charge in [-0.1, -0.05) is 48.5 Å². The molecule has 29 heavy (non-hydrogen) atoms. The van der Waals surface area contributed by atoms with Gasteiger partial charge in [0, 0.05) is 12.5 Å². The number of hydrogen-bond acceptors (Lipinski definition) is 3. The SMILES string of the molecule is O=C(O)[C@@H]1C[C@H](C(F)(F)F)N(C(=O)OCC2c3ccccc3-c3ccccc32)C1. The van der Waals surface area contributed by atoms with Gasteiger partial charge in [-0.2, -0.15) is 13.2 Å². The number of likely N-dealkylation sites (tertiary alicyclic amines) is 1. The van der Waals surface area contributed by atoms with Crippen LogP contribution in [-0.4, -0.2) is 47.4 Å². The molecule has 4 rings (SSSR count). The Morgan fingerprint density at radius 3 is 2.10 bits per heavy atom. The second-order valence-electron chi connectivity index (χ2n) is 7.28. The Hall–Kier alpha value is -3.03. The number of alkyl halides is 3. The first kappa shape index (κ1) is 19.3. The van der Waals surface area contributed by atoms with Gasteiger partial charge in [0.15, 0.2) is 0 Å². The van der Waals surface area contributed by atoms with E-state index in [9.17, 15) is 22.8 Å². The lowest BCUT2D eigenvalue weighted by Crippen LogP contribution is -2.45. The van der Waals surface area contributed by atoms with Crippen molar-refractivity contribution in [1.29, 1.82) is 0 Å². The average molecular weight is 405 g/mol. The second kappa shape index (κ2) is 7.09. The first-order valence-corrected chi connectivity index (χ1v) is 9.18. The third kappa shape index (κ3) is 3.43. The molecule has 0 radical (unpaired) electrons. The van der Waals surface area contributed by atoms with Crippen LogP contribution in [0.5, 0.6) is 0 Å². The van der Waals surface area contributed by atoms with Crippen molar-refractivity contribution < 1.29 is 32.6 Å². The zero-order valence-corrected chi connectivity index (χ0v) is 15.2. The molecule has 1 heterocycles. The molecule has 2 aliphatic rings. The highest BCUT2D eigenvalue weighted by molar-refractivity contribution is 5.79. The van der Waals surface area contributed by atoms with Crippen molar-refractivity contribution in [2.45, 2.75) is 24.6 Å². The fourth-order valence-electron chi connectivity index (χ4n) is 4.20. The lowest BCUT2D eigenvalue weighted by atomic mass is 9.98. The maximum absolute atomic E-state index is 13.3. The van der Waals surface area contributed by atoms with Gasteiger partial charge in [0.2, 0.25) is 0 Å². The van der Waals surface area contributed by atoms with Gasteiger partial charge in [-0.3, -0.25) is 9.69 Å². The van der Waals surface area contributed by atoms with E-state index in [1.807, 2.05) is 48.5 Å². The zero-order chi connectivity index (χ0) is 20.8. The summed E-state index contributed by atoms with van der Waals surface area (Å²) in [5.74, 6) is -2.90. The lowest BCUT2D eigenvalue weighted by Gasteiger charge is -2.26. The first-order valence-electron chi connectivity index (χ1n) is 9.18. The van der Waals surface area contributed by atoms with Gasteiger partial charge in [0.25, 0.3) is 0 Å². The van der Waals surface area contributed by atoms with E-state index in [1.165, 1.54) is 0 Å². The Balaban J connectivity index is 1.53. The molecular weight excluding hydrogens is 387 g/mol. The van der Waals surface area contributed by atoms with Crippen LogP contribution in [-0.2, 0) is 9.53 Å². The molecule has 1 aliphatic carbocycles. The average Bonchev–Trinajstić information content (AvgIpc) is 3.27. The summed E-state index contributed by atoms with van der Waals surface area (Å²) < 4.78 is 45.2. The summed E-state index contributed by atoms with van der Waals surface area (Å²) in [4.78, 5) is 24.1. The number of aliphatic carboxylic acids is 1. The molecule has 1 amide bonds. The molecule has 1 saturated heterocycles. The Morgan fingerprint density at radius 2 is 1.59 bits per heavy atom. The molecule has 1 aliphatic heterocycles. The number of carbonyl (C=O) groups excluding carboxylic acids is 1. The molecule has 1 N–H and O–H groups in total. The molecule has 0 bridgehead atoms. The predicted molar refractivity (Wildman–Crippen MR) is 97.4 cm³/mol. The minimum atomic E-state index is -4.71. The van der Waals surface area contributed by atoms with Crippen LogP contribution in [0.2, 0.25) is 0 Å². The van der Waals surface area contributed by atoms with Crippen molar-refractivity contribution in [3.63, 3.8) is 0 Å². The molecule has 0 saturated carbocycles. The second-order valence-corrected chi connectivity index (χ2v) is 7.28. The minimum absolute atomic E-state index is 0.119. The number of halogens is 3. The Bertz CT molecular complexity index is 913. The third-order valence-corrected chi connectivity index (χ3v) is 5.60. The van der Waals surface area contributed by atoms with Gasteiger partial charge in [-0.05, 0) is 28.7 Å². The number of amides is 1. The number of carbonyl (C=O) groups is 2. The standard InChI is InChI=1S/C21H18F3NO4/c22-21(23,24)18-9-12(19(26)27)10-25(18)20(28)29-11-17-15-7-3-1-5-13(15)14-6-2-4-8-16(14)17/h1-8,12,17-18H,9-11H2,(H,26,27)/t12-,18-/m1/s1. The van der Waals surface area contributed by atoms with E-state index >= 15 is 0 Å². The molecule has 5 nitrogen and oxygen atoms in total. The highest BCUT2D eigenvalue weighted by Crippen LogP contribution is 2.44. The molecule has 2 aromatic carbocycles. The maximum Gasteiger partial charge on any atom is 0.410 e. The van der Waals surface area contributed by atoms with Crippen LogP contribution in [0.25, 0.3) is 11.1 Å². The molecule has 0 aromatic heterocycles. The quantitative estimate of drug-likeness (QED) is 0.828. The van der Waals surface area contributed by atoms with Gasteiger partial charge in [0.1, 0.15) is 12.6 Å². The van der Waals surface area contributed by atoms with E-state index in [2.05, 4.69) is 0 Å². The van der Waals surface area contributed by atoms with Crippen molar-refractivity contribution in [2.24, 2.45) is 5.92 Å². The number of hydrogen-bond donors (Lipinski definition) is 1. The summed E-state index contributed by atoms with van der Waals surface area (Å²) in [7, 11) is 0. The topological polar surface area (TPSA) is 66.8 Å². The van der Waals surface area contributed by atoms with E-state index in [1.54, 1.807) is 0 Å². The van der Waals surface area contributed by atoms with E-state index in [4.69, 9.17) is 9.84 Å². The number of rotatable bonds is 3. The van der Waals surface area contributed by atoms with Crippen molar-refractivity contribution in [3.05, 3.63) is 59.7 Å². The molecule has 152 valence electrons. The Kier molecular flexibility index (Phi) is 4.72. The summed E-state index contributed by atoms with van der Waals surface area (Å²) in [6.45, 7) is -0.637. The number of fused-ring (bicyclic) bond motifs is 3. The molecule has 2 atom stereocenters. The van der Waals surface area contributed by atoms with Crippen LogP contribution in [0.1, 0.15) is 23.5 Å². The zero-order valence-electron chi connectivity index (χ0n) is 15.2. The summed E-state index contributed by atoms with van der Waals surface area (Å²) >= 11 is 0. The fourth-order valence-corrected chi connectivity index (χ4v) is 4.20. The molecule has 1 fully saturated rings. The van der Waals surface area contributed by atoms with Gasteiger partial charge in [-0.25, -0.2) is 4.79 Å². The molecule has 2 aromatic rings. The normalized spacial score (nSPS) is 21.0. The summed E-state index contributed by atoms with van der Waals surface area (Å²) in [5.41, 5.74) is 3.89. The van der Waals surface area contributed by atoms with Gasteiger partial charge < -0.3 is 9.84 Å². The van der Waals surface area contributed by atoms with Crippen molar-refractivity contribution in [2.75, 3.05) is 13.2 Å². The molecule has 0 unspecified atom stereocenters. The fraction of sp³-hybridized carbons (Fsp3) is 0.333. The first-order chi connectivity index (χ1) is 13.8. The van der Waals surface area contributed by atoms with Crippen LogP contribution in [0, 0.1) is 5.92 Å². The Labute approximate surface area is 164 Å². The Morgan fingerprint density at radius 1 is 1.03 bits per heavy atom. The molecule has 8 heteroatoms. The number of nitrogens with zero attached hydrogens (tertiary/aromatic N) is 1. The van der Waals surface area contributed by atoms with Crippen molar-refractivity contribution in [3.8, 4) is 11.1 Å². The maximum atomic E-state index is 13.3. The van der Waals surface area contributed by atoms with Gasteiger partial charge in [-0.15, -0.1) is 0 Å². The highest BCUT2D eigenvalue weighted by atomic mass is 19.4. The molecule has 0 spiro atoms. The largest absolute Gasteiger partial charge is 0.481 e. The lowest BCUT2D eigenvalue weighted by molar-refractivity contribution is -0.172. The number of benzene rings is 2. The van der Waals surface area contributed by atoms with Crippen LogP contribution in [0.3, 0.4) is 0 Å². The van der Waals surface area contributed by atoms with Crippen LogP contribution in [0.4, 0.5) is 18.0 Å². The number of carboxylic acid groups (broad SMARTS) is 1. The molecular formula is C21H18F3NO4. The van der Waals surface area contributed by atoms with Crippen molar-refractivity contribution in [1.82, 2.24) is 4.90 Å². The minimum Gasteiger partial charge on any atom is -0.481 e. The van der Waals surface area contributed by atoms with Gasteiger partial charge >= 0.3 is 18.2 Å². The third-order valence-electron chi connectivity index (χ3n) is 5.60. The smallest absolute Gasteiger partial charge is 0.410 e. The summed E-state index contributed by atoms with van der Waals surface area (Å²) in [5, 5.41) is 9.07. The van der Waals surface area contributed by atoms with Crippen LogP contribution < -0.4 is 0 Å². The summed E-state index contributed by atoms with van der Waals surface area (Å²) in [6.07, 6.45) is -6.52. The van der Waals surface area contributed by atoms with Crippen LogP contribution in [0.15, 0.2) is 48.5 Å². The monoisotopic (exact) mass is 405 g/mol. The number of ether oxygens (including phenoxy) is 1. The number of carboxylic acids is 1. The van der Waals surface area contributed by atoms with Crippen LogP contribution >= 0.6 is 0 Å². The van der Waals surface area contributed by atoms with E-state index < -0.39 is 43.2 Å². The van der Waals surface area contributed by atoms with Crippen molar-refractivity contribution >= 4 is 12.1 Å². The highest BCUT2D eigenvalue weighted by Gasteiger charge is 2.53. The van der Waals surface area contributed by atoms with E-state index in [0.29, 0.717) is 4.90 Å².